The van der Waals surface area contributed by atoms with E-state index in [9.17, 15) is 27.2 Å². The van der Waals surface area contributed by atoms with Gasteiger partial charge in [0.05, 0.1) is 0 Å². The van der Waals surface area contributed by atoms with Crippen LogP contribution < -0.4 is 5.32 Å². The average molecular weight is 481 g/mol. The maximum absolute atomic E-state index is 14.0. The molecule has 2 fully saturated rings. The predicted octanol–water partition coefficient (Wildman–Crippen LogP) is 1.19. The molecule has 0 saturated carbocycles. The Kier molecular flexibility index (Phi) is 5.77. The van der Waals surface area contributed by atoms with Crippen LogP contribution in [0.15, 0.2) is 46.7 Å². The fourth-order valence-electron chi connectivity index (χ4n) is 3.78. The number of carbonyl (C=O) groups excluding carboxylic acids is 3. The molecule has 4 rings (SSSR count). The van der Waals surface area contributed by atoms with Gasteiger partial charge in [-0.15, -0.1) is 11.3 Å². The number of benzene rings is 1. The summed E-state index contributed by atoms with van der Waals surface area (Å²) < 4.78 is 40.5. The van der Waals surface area contributed by atoms with E-state index in [1.165, 1.54) is 34.4 Å². The molecule has 0 bridgehead atoms. The molecule has 2 aromatic rings. The summed E-state index contributed by atoms with van der Waals surface area (Å²) in [5, 5.41) is 4.44. The van der Waals surface area contributed by atoms with Gasteiger partial charge in [0.15, 0.2) is 5.54 Å². The average Bonchev–Trinajstić information content (AvgIpc) is 3.38. The van der Waals surface area contributed by atoms with Crippen LogP contribution in [0, 0.1) is 5.82 Å². The molecular formula is C20H21FN4O5S2. The summed E-state index contributed by atoms with van der Waals surface area (Å²) in [6.07, 6.45) is 0. The second kappa shape index (κ2) is 8.26. The summed E-state index contributed by atoms with van der Waals surface area (Å²) in [6, 6.07) is 7.98. The van der Waals surface area contributed by atoms with Gasteiger partial charge in [0, 0.05) is 31.1 Å². The molecule has 3 heterocycles. The van der Waals surface area contributed by atoms with Gasteiger partial charge in [-0.05, 0) is 30.5 Å². The van der Waals surface area contributed by atoms with Gasteiger partial charge in [-0.2, -0.15) is 4.31 Å². The Morgan fingerprint density at radius 3 is 2.44 bits per heavy atom. The van der Waals surface area contributed by atoms with Crippen molar-refractivity contribution in [2.75, 3.05) is 32.7 Å². The first-order chi connectivity index (χ1) is 15.1. The normalized spacial score (nSPS) is 22.3. The van der Waals surface area contributed by atoms with Crippen LogP contribution >= 0.6 is 11.3 Å². The maximum atomic E-state index is 14.0. The first-order valence-corrected chi connectivity index (χ1v) is 12.2. The van der Waals surface area contributed by atoms with E-state index in [0.29, 0.717) is 4.88 Å². The number of hydrogen-bond acceptors (Lipinski definition) is 6. The molecule has 0 radical (unpaired) electrons. The number of imide groups is 1. The Hall–Kier alpha value is -2.83. The highest BCUT2D eigenvalue weighted by Gasteiger charge is 2.50. The lowest BCUT2D eigenvalue weighted by molar-refractivity contribution is -0.139. The lowest BCUT2D eigenvalue weighted by Gasteiger charge is -2.34. The zero-order chi connectivity index (χ0) is 23.1. The van der Waals surface area contributed by atoms with Crippen LogP contribution in [0.25, 0.3) is 0 Å². The summed E-state index contributed by atoms with van der Waals surface area (Å²) >= 11 is 1.33. The summed E-state index contributed by atoms with van der Waals surface area (Å²) in [4.78, 5) is 40.6. The molecule has 1 aromatic heterocycles. The highest BCUT2D eigenvalue weighted by atomic mass is 32.2. The second-order valence-corrected chi connectivity index (χ2v) is 10.5. The van der Waals surface area contributed by atoms with Gasteiger partial charge in [-0.1, -0.05) is 18.2 Å². The van der Waals surface area contributed by atoms with Gasteiger partial charge in [-0.3, -0.25) is 14.5 Å². The Balaban J connectivity index is 1.40. The molecule has 1 N–H and O–H groups in total. The molecule has 1 unspecified atom stereocenters. The number of thiophene rings is 1. The molecule has 1 aromatic carbocycles. The van der Waals surface area contributed by atoms with Gasteiger partial charge in [-0.25, -0.2) is 17.6 Å². The Labute approximate surface area is 188 Å². The minimum absolute atomic E-state index is 0.0184. The number of nitrogens with zero attached hydrogens (tertiary/aromatic N) is 3. The lowest BCUT2D eigenvalue weighted by Crippen LogP contribution is -2.53. The van der Waals surface area contributed by atoms with E-state index >= 15 is 0 Å². The zero-order valence-corrected chi connectivity index (χ0v) is 18.8. The van der Waals surface area contributed by atoms with Gasteiger partial charge in [0.2, 0.25) is 15.9 Å². The van der Waals surface area contributed by atoms with Crippen molar-refractivity contribution < 1.29 is 27.2 Å². The number of urea groups is 1. The molecule has 0 spiro atoms. The van der Waals surface area contributed by atoms with Crippen molar-refractivity contribution in [3.63, 3.8) is 0 Å². The first kappa shape index (κ1) is 22.4. The van der Waals surface area contributed by atoms with E-state index in [1.54, 1.807) is 24.4 Å². The van der Waals surface area contributed by atoms with Crippen molar-refractivity contribution in [1.82, 2.24) is 19.4 Å². The highest BCUT2D eigenvalue weighted by molar-refractivity contribution is 7.89. The molecule has 170 valence electrons. The lowest BCUT2D eigenvalue weighted by atomic mass is 10.0. The van der Waals surface area contributed by atoms with Crippen LogP contribution in [0.3, 0.4) is 0 Å². The molecule has 2 saturated heterocycles. The monoisotopic (exact) mass is 480 g/mol. The second-order valence-electron chi connectivity index (χ2n) is 7.64. The van der Waals surface area contributed by atoms with Crippen LogP contribution in [-0.2, 0) is 25.2 Å². The van der Waals surface area contributed by atoms with E-state index in [-0.39, 0.29) is 26.2 Å². The van der Waals surface area contributed by atoms with Crippen LogP contribution in [0.4, 0.5) is 9.18 Å². The van der Waals surface area contributed by atoms with E-state index in [0.717, 1.165) is 15.3 Å². The predicted molar refractivity (Wildman–Crippen MR) is 114 cm³/mol. The minimum Gasteiger partial charge on any atom is -0.338 e. The molecular weight excluding hydrogens is 459 g/mol. The number of sulfonamides is 1. The summed E-state index contributed by atoms with van der Waals surface area (Å²) in [6.45, 7) is 1.25. The largest absolute Gasteiger partial charge is 0.338 e. The molecule has 0 aliphatic carbocycles. The number of halogens is 1. The van der Waals surface area contributed by atoms with Crippen molar-refractivity contribution in [3.05, 3.63) is 52.5 Å². The summed E-state index contributed by atoms with van der Waals surface area (Å²) in [5.41, 5.74) is -1.22. The van der Waals surface area contributed by atoms with Gasteiger partial charge in [0.25, 0.3) is 5.91 Å². The van der Waals surface area contributed by atoms with Crippen molar-refractivity contribution in [1.29, 1.82) is 0 Å². The summed E-state index contributed by atoms with van der Waals surface area (Å²) in [7, 11) is -4.03. The fraction of sp³-hybridized carbons (Fsp3) is 0.350. The van der Waals surface area contributed by atoms with E-state index in [4.69, 9.17) is 0 Å². The third-order valence-electron chi connectivity index (χ3n) is 5.63. The molecule has 2 aliphatic rings. The summed E-state index contributed by atoms with van der Waals surface area (Å²) in [5.74, 6) is -1.82. The van der Waals surface area contributed by atoms with Crippen LogP contribution in [-0.4, -0.2) is 73.1 Å². The number of amides is 4. The maximum Gasteiger partial charge on any atom is 0.325 e. The molecule has 2 aliphatic heterocycles. The number of piperazine rings is 1. The van der Waals surface area contributed by atoms with Gasteiger partial charge >= 0.3 is 6.03 Å². The Bertz CT molecular complexity index is 1160. The molecule has 9 nitrogen and oxygen atoms in total. The quantitative estimate of drug-likeness (QED) is 0.647. The van der Waals surface area contributed by atoms with Crippen LogP contribution in [0.5, 0.6) is 0 Å². The van der Waals surface area contributed by atoms with Gasteiger partial charge in [0.1, 0.15) is 17.3 Å². The molecule has 32 heavy (non-hydrogen) atoms. The zero-order valence-electron chi connectivity index (χ0n) is 17.2. The third-order valence-corrected chi connectivity index (χ3v) is 8.65. The third kappa shape index (κ3) is 3.78. The van der Waals surface area contributed by atoms with Crippen LogP contribution in [0.2, 0.25) is 0 Å². The van der Waals surface area contributed by atoms with Crippen molar-refractivity contribution in [3.8, 4) is 0 Å². The van der Waals surface area contributed by atoms with Crippen molar-refractivity contribution in [2.24, 2.45) is 0 Å². The van der Waals surface area contributed by atoms with Crippen LogP contribution in [0.1, 0.15) is 11.8 Å². The highest BCUT2D eigenvalue weighted by Crippen LogP contribution is 2.32. The number of hydrogen-bond donors (Lipinski definition) is 1. The molecule has 12 heteroatoms. The Morgan fingerprint density at radius 1 is 1.12 bits per heavy atom. The van der Waals surface area contributed by atoms with E-state index in [1.807, 2.05) is 0 Å². The number of carbonyl (C=O) groups is 3. The molecule has 1 atom stereocenters. The smallest absolute Gasteiger partial charge is 0.325 e. The number of nitrogens with one attached hydrogen (secondary N) is 1. The standard InChI is InChI=1S/C20H21FN4O5S2/c1-20(16-7-4-12-31-16)18(27)25(19(28)22-20)13-17(26)23-8-10-24(11-9-23)32(29,30)15-6-3-2-5-14(15)21/h2-7,12H,8-11,13H2,1H3,(H,22,28). The first-order valence-electron chi connectivity index (χ1n) is 9.85. The fourth-order valence-corrected chi connectivity index (χ4v) is 6.10. The number of rotatable bonds is 5. The topological polar surface area (TPSA) is 107 Å². The van der Waals surface area contributed by atoms with E-state index in [2.05, 4.69) is 5.32 Å². The van der Waals surface area contributed by atoms with E-state index < -0.39 is 50.7 Å². The Morgan fingerprint density at radius 2 is 1.81 bits per heavy atom. The van der Waals surface area contributed by atoms with Gasteiger partial charge < -0.3 is 10.2 Å². The van der Waals surface area contributed by atoms with Crippen molar-refractivity contribution in [2.45, 2.75) is 17.4 Å². The molecule has 4 amide bonds. The van der Waals surface area contributed by atoms with Crippen molar-refractivity contribution >= 4 is 39.2 Å². The SMILES string of the molecule is CC1(c2cccs2)NC(=O)N(CC(=O)N2CCN(S(=O)(=O)c3ccccc3F)CC2)C1=O. The minimum atomic E-state index is -4.03.